The summed E-state index contributed by atoms with van der Waals surface area (Å²) >= 11 is 0. The van der Waals surface area contributed by atoms with Crippen molar-refractivity contribution < 1.29 is 18.7 Å². The Labute approximate surface area is 213 Å². The molecular formula is C28H39N3O5. The summed E-state index contributed by atoms with van der Waals surface area (Å²) in [7, 11) is 0. The first-order valence-corrected chi connectivity index (χ1v) is 13.0. The summed E-state index contributed by atoms with van der Waals surface area (Å²) in [6.45, 7) is 12.9. The molecule has 8 heteroatoms. The van der Waals surface area contributed by atoms with E-state index in [2.05, 4.69) is 23.2 Å². The molecule has 2 atom stereocenters. The number of nitrogens with zero attached hydrogens (tertiary/aromatic N) is 2. The minimum Gasteiger partial charge on any atom is -0.444 e. The van der Waals surface area contributed by atoms with Crippen LogP contribution in [0.1, 0.15) is 63.1 Å². The van der Waals surface area contributed by atoms with Crippen LogP contribution in [0, 0.1) is 19.8 Å². The third kappa shape index (κ3) is 6.46. The molecule has 0 spiro atoms. The molecule has 0 radical (unpaired) electrons. The molecule has 2 aliphatic heterocycles. The van der Waals surface area contributed by atoms with E-state index in [4.69, 9.17) is 9.15 Å². The number of ether oxygens (including phenoxy) is 1. The third-order valence-corrected chi connectivity index (χ3v) is 7.13. The first-order valence-electron chi connectivity index (χ1n) is 13.0. The second-order valence-corrected chi connectivity index (χ2v) is 11.4. The van der Waals surface area contributed by atoms with Crippen molar-refractivity contribution in [3.8, 4) is 0 Å². The van der Waals surface area contributed by atoms with E-state index in [1.165, 1.54) is 0 Å². The van der Waals surface area contributed by atoms with E-state index in [-0.39, 0.29) is 29.6 Å². The zero-order valence-corrected chi connectivity index (χ0v) is 22.2. The van der Waals surface area contributed by atoms with Gasteiger partial charge in [0, 0.05) is 43.7 Å². The van der Waals surface area contributed by atoms with Gasteiger partial charge in [-0.05, 0) is 95.7 Å². The first kappa shape index (κ1) is 26.2. The number of carbonyl (C=O) groups is 2. The summed E-state index contributed by atoms with van der Waals surface area (Å²) in [5, 5.41) is 4.20. The van der Waals surface area contributed by atoms with Crippen molar-refractivity contribution in [2.75, 3.05) is 26.2 Å². The number of likely N-dealkylation sites (tertiary alicyclic amines) is 2. The lowest BCUT2D eigenvalue weighted by atomic mass is 9.96. The van der Waals surface area contributed by atoms with Gasteiger partial charge >= 0.3 is 11.7 Å². The second kappa shape index (κ2) is 10.6. The van der Waals surface area contributed by atoms with E-state index in [0.717, 1.165) is 60.8 Å². The Hall–Kier alpha value is -2.87. The van der Waals surface area contributed by atoms with Gasteiger partial charge in [-0.2, -0.15) is 0 Å². The van der Waals surface area contributed by atoms with Gasteiger partial charge in [0.15, 0.2) is 0 Å². The standard InChI is InChI=1S/C28H39N3O5/c1-18-12-23-21(14-25(32)35-24(23)13-19(18)2)15-30-10-7-9-22(17-30)29-26(33)20-8-6-11-31(16-20)27(34)36-28(3,4)5/h12-14,20,22H,6-11,15-17H2,1-5H3,(H,29,33). The third-order valence-electron chi connectivity index (χ3n) is 7.13. The molecule has 3 heterocycles. The maximum Gasteiger partial charge on any atom is 0.410 e. The van der Waals surface area contributed by atoms with Crippen LogP contribution in [0.5, 0.6) is 0 Å². The highest BCUT2D eigenvalue weighted by molar-refractivity contribution is 5.82. The Bertz CT molecular complexity index is 1180. The molecule has 2 saturated heterocycles. The SMILES string of the molecule is Cc1cc2oc(=O)cc(CN3CCCC(NC(=O)C4CCCN(C(=O)OC(C)(C)C)C4)C3)c2cc1C. The smallest absolute Gasteiger partial charge is 0.410 e. The van der Waals surface area contributed by atoms with Gasteiger partial charge in [-0.25, -0.2) is 9.59 Å². The summed E-state index contributed by atoms with van der Waals surface area (Å²) in [5.41, 5.74) is 2.94. The summed E-state index contributed by atoms with van der Waals surface area (Å²) in [5.74, 6) is -0.220. The quantitative estimate of drug-likeness (QED) is 0.639. The second-order valence-electron chi connectivity index (χ2n) is 11.4. The molecule has 0 aliphatic carbocycles. The molecule has 36 heavy (non-hydrogen) atoms. The maximum atomic E-state index is 13.1. The lowest BCUT2D eigenvalue weighted by Crippen LogP contribution is -2.52. The van der Waals surface area contributed by atoms with Gasteiger partial charge in [-0.15, -0.1) is 0 Å². The average Bonchev–Trinajstić information content (AvgIpc) is 2.79. The fourth-order valence-corrected chi connectivity index (χ4v) is 5.17. The number of amides is 2. The number of aryl methyl sites for hydroxylation is 2. The highest BCUT2D eigenvalue weighted by Gasteiger charge is 2.32. The Morgan fingerprint density at radius 1 is 1.06 bits per heavy atom. The number of fused-ring (bicyclic) bond motifs is 1. The van der Waals surface area contributed by atoms with Crippen LogP contribution in [0.2, 0.25) is 0 Å². The summed E-state index contributed by atoms with van der Waals surface area (Å²) in [6, 6.07) is 5.65. The van der Waals surface area contributed by atoms with Crippen molar-refractivity contribution in [2.24, 2.45) is 5.92 Å². The van der Waals surface area contributed by atoms with Gasteiger partial charge in [-0.1, -0.05) is 0 Å². The van der Waals surface area contributed by atoms with Crippen LogP contribution in [-0.2, 0) is 16.1 Å². The fraction of sp³-hybridized carbons (Fsp3) is 0.607. The van der Waals surface area contributed by atoms with Crippen molar-refractivity contribution in [1.29, 1.82) is 0 Å². The molecule has 2 fully saturated rings. The molecule has 1 aromatic heterocycles. The molecule has 1 aromatic carbocycles. The molecule has 4 rings (SSSR count). The van der Waals surface area contributed by atoms with Gasteiger partial charge in [-0.3, -0.25) is 9.69 Å². The van der Waals surface area contributed by atoms with E-state index >= 15 is 0 Å². The number of rotatable bonds is 4. The van der Waals surface area contributed by atoms with Crippen molar-refractivity contribution >= 4 is 23.0 Å². The van der Waals surface area contributed by atoms with E-state index in [0.29, 0.717) is 25.2 Å². The van der Waals surface area contributed by atoms with Gasteiger partial charge in [0.05, 0.1) is 5.92 Å². The van der Waals surface area contributed by atoms with Crippen LogP contribution in [-0.4, -0.2) is 59.6 Å². The predicted molar refractivity (Wildman–Crippen MR) is 139 cm³/mol. The van der Waals surface area contributed by atoms with Gasteiger partial charge in [0.1, 0.15) is 11.2 Å². The highest BCUT2D eigenvalue weighted by atomic mass is 16.6. The molecule has 0 saturated carbocycles. The molecule has 2 aliphatic rings. The molecule has 196 valence electrons. The monoisotopic (exact) mass is 497 g/mol. The van der Waals surface area contributed by atoms with Crippen LogP contribution in [0.4, 0.5) is 4.79 Å². The van der Waals surface area contributed by atoms with E-state index in [1.54, 1.807) is 11.0 Å². The minimum atomic E-state index is -0.555. The molecule has 2 aromatic rings. The molecular weight excluding hydrogens is 458 g/mol. The Kier molecular flexibility index (Phi) is 7.73. The topological polar surface area (TPSA) is 92.1 Å². The molecule has 0 bridgehead atoms. The lowest BCUT2D eigenvalue weighted by molar-refractivity contribution is -0.127. The maximum absolute atomic E-state index is 13.1. The predicted octanol–water partition coefficient (Wildman–Crippen LogP) is 4.14. The van der Waals surface area contributed by atoms with Crippen LogP contribution >= 0.6 is 0 Å². The van der Waals surface area contributed by atoms with Crippen LogP contribution in [0.15, 0.2) is 27.4 Å². The van der Waals surface area contributed by atoms with Crippen LogP contribution in [0.3, 0.4) is 0 Å². The number of hydrogen-bond donors (Lipinski definition) is 1. The zero-order valence-electron chi connectivity index (χ0n) is 22.2. The van der Waals surface area contributed by atoms with Crippen molar-refractivity contribution in [3.05, 3.63) is 45.3 Å². The van der Waals surface area contributed by atoms with Gasteiger partial charge in [0.2, 0.25) is 5.91 Å². The highest BCUT2D eigenvalue weighted by Crippen LogP contribution is 2.25. The normalized spacial score (nSPS) is 21.4. The Morgan fingerprint density at radius 3 is 2.53 bits per heavy atom. The fourth-order valence-electron chi connectivity index (χ4n) is 5.17. The minimum absolute atomic E-state index is 0.00649. The van der Waals surface area contributed by atoms with E-state index in [9.17, 15) is 14.4 Å². The molecule has 1 N–H and O–H groups in total. The number of benzene rings is 1. The summed E-state index contributed by atoms with van der Waals surface area (Å²) in [4.78, 5) is 41.7. The molecule has 2 unspecified atom stereocenters. The van der Waals surface area contributed by atoms with Crippen LogP contribution < -0.4 is 10.9 Å². The number of hydrogen-bond acceptors (Lipinski definition) is 6. The van der Waals surface area contributed by atoms with Crippen LogP contribution in [0.25, 0.3) is 11.0 Å². The van der Waals surface area contributed by atoms with Crippen molar-refractivity contribution in [1.82, 2.24) is 15.1 Å². The number of piperidine rings is 2. The van der Waals surface area contributed by atoms with Gasteiger partial charge < -0.3 is 19.4 Å². The Morgan fingerprint density at radius 2 is 1.78 bits per heavy atom. The average molecular weight is 498 g/mol. The summed E-state index contributed by atoms with van der Waals surface area (Å²) in [6.07, 6.45) is 3.09. The van der Waals surface area contributed by atoms with E-state index in [1.807, 2.05) is 33.8 Å². The summed E-state index contributed by atoms with van der Waals surface area (Å²) < 4.78 is 11.0. The first-order chi connectivity index (χ1) is 17.0. The molecule has 2 amide bonds. The number of carbonyl (C=O) groups excluding carboxylic acids is 2. The van der Waals surface area contributed by atoms with Crippen molar-refractivity contribution in [2.45, 2.75) is 78.5 Å². The van der Waals surface area contributed by atoms with E-state index < -0.39 is 5.60 Å². The number of nitrogens with one attached hydrogen (secondary N) is 1. The van der Waals surface area contributed by atoms with Gasteiger partial charge in [0.25, 0.3) is 0 Å². The lowest BCUT2D eigenvalue weighted by Gasteiger charge is -2.36. The Balaban J connectivity index is 1.38. The van der Waals surface area contributed by atoms with Crippen molar-refractivity contribution in [3.63, 3.8) is 0 Å². The molecule has 8 nitrogen and oxygen atoms in total. The zero-order chi connectivity index (χ0) is 26.0. The largest absolute Gasteiger partial charge is 0.444 e.